The van der Waals surface area contributed by atoms with Gasteiger partial charge in [-0.25, -0.2) is 9.79 Å². The molecule has 0 spiro atoms. The number of hydrogen-bond acceptors (Lipinski definition) is 6. The molecule has 1 aliphatic rings. The average Bonchev–Trinajstić information content (AvgIpc) is 3.24. The van der Waals surface area contributed by atoms with E-state index in [9.17, 15) is 9.59 Å². The standard InChI is InChI=1S/C21H16BrClN2O4S/c1-3-28-20(27)17-11(2)24-21-25(18(17)13-6-4-5-7-14(13)23)19(26)15(30-21)10-12-8-9-16(22)29-12/h4-10,18H,3H2,1-2H3/b15-10-/t18-/m1/s1. The Kier molecular flexibility index (Phi) is 5.81. The summed E-state index contributed by atoms with van der Waals surface area (Å²) in [5, 5.41) is 0.448. The summed E-state index contributed by atoms with van der Waals surface area (Å²) in [7, 11) is 0. The fourth-order valence-electron chi connectivity index (χ4n) is 3.32. The second-order valence-corrected chi connectivity index (χ2v) is 8.66. The van der Waals surface area contributed by atoms with Gasteiger partial charge in [0.1, 0.15) is 11.8 Å². The van der Waals surface area contributed by atoms with Crippen LogP contribution in [0.4, 0.5) is 0 Å². The molecule has 0 fully saturated rings. The SMILES string of the molecule is CCOC(=O)C1=C(C)N=c2s/c(=C\c3ccc(Br)o3)c(=O)n2[C@@H]1c1ccccc1Cl. The molecule has 2 aromatic heterocycles. The van der Waals surface area contributed by atoms with Crippen LogP contribution >= 0.6 is 38.9 Å². The van der Waals surface area contributed by atoms with Gasteiger partial charge in [-0.05, 0) is 53.5 Å². The van der Waals surface area contributed by atoms with E-state index in [0.717, 1.165) is 0 Å². The Morgan fingerprint density at radius 2 is 2.13 bits per heavy atom. The Morgan fingerprint density at radius 1 is 1.37 bits per heavy atom. The Labute approximate surface area is 188 Å². The average molecular weight is 508 g/mol. The van der Waals surface area contributed by atoms with Crippen LogP contribution in [-0.4, -0.2) is 17.1 Å². The molecule has 0 aliphatic carbocycles. The minimum atomic E-state index is -0.737. The van der Waals surface area contributed by atoms with Gasteiger partial charge in [-0.15, -0.1) is 0 Å². The normalized spacial score (nSPS) is 16.4. The molecule has 30 heavy (non-hydrogen) atoms. The number of halogens is 2. The van der Waals surface area contributed by atoms with E-state index in [1.165, 1.54) is 15.9 Å². The molecule has 6 nitrogen and oxygen atoms in total. The molecule has 1 aliphatic heterocycles. The largest absolute Gasteiger partial charge is 0.463 e. The van der Waals surface area contributed by atoms with Gasteiger partial charge in [0, 0.05) is 11.1 Å². The minimum Gasteiger partial charge on any atom is -0.463 e. The number of allylic oxidation sites excluding steroid dienone is 1. The first-order valence-corrected chi connectivity index (χ1v) is 11.1. The zero-order valence-electron chi connectivity index (χ0n) is 16.0. The third kappa shape index (κ3) is 3.71. The topological polar surface area (TPSA) is 73.8 Å². The van der Waals surface area contributed by atoms with Crippen LogP contribution in [0.25, 0.3) is 6.08 Å². The van der Waals surface area contributed by atoms with Crippen LogP contribution in [0.2, 0.25) is 5.02 Å². The number of hydrogen-bond donors (Lipinski definition) is 0. The monoisotopic (exact) mass is 506 g/mol. The molecule has 0 N–H and O–H groups in total. The lowest BCUT2D eigenvalue weighted by molar-refractivity contribution is -0.139. The number of ether oxygens (including phenoxy) is 1. The number of benzene rings is 1. The molecule has 0 saturated heterocycles. The van der Waals surface area contributed by atoms with E-state index in [1.54, 1.807) is 50.3 Å². The van der Waals surface area contributed by atoms with Gasteiger partial charge in [-0.1, -0.05) is 41.1 Å². The van der Waals surface area contributed by atoms with Gasteiger partial charge in [0.25, 0.3) is 5.56 Å². The number of thiazole rings is 1. The maximum Gasteiger partial charge on any atom is 0.338 e. The molecule has 0 radical (unpaired) electrons. The summed E-state index contributed by atoms with van der Waals surface area (Å²) in [6.45, 7) is 3.68. The molecule has 1 aromatic carbocycles. The molecule has 1 atom stereocenters. The van der Waals surface area contributed by atoms with Crippen molar-refractivity contribution < 1.29 is 13.9 Å². The summed E-state index contributed by atoms with van der Waals surface area (Å²) in [6.07, 6.45) is 1.65. The molecular formula is C21H16BrClN2O4S. The van der Waals surface area contributed by atoms with Gasteiger partial charge in [0.05, 0.1) is 22.4 Å². The van der Waals surface area contributed by atoms with Crippen molar-refractivity contribution >= 4 is 50.9 Å². The molecule has 0 amide bonds. The first-order valence-electron chi connectivity index (χ1n) is 9.10. The first-order chi connectivity index (χ1) is 14.4. The molecule has 9 heteroatoms. The molecule has 3 aromatic rings. The minimum absolute atomic E-state index is 0.211. The van der Waals surface area contributed by atoms with Gasteiger partial charge in [0.15, 0.2) is 9.47 Å². The van der Waals surface area contributed by atoms with Gasteiger partial charge in [0.2, 0.25) is 0 Å². The van der Waals surface area contributed by atoms with Crippen LogP contribution in [-0.2, 0) is 9.53 Å². The van der Waals surface area contributed by atoms with Crippen LogP contribution in [0, 0.1) is 0 Å². The fraction of sp³-hybridized carbons (Fsp3) is 0.190. The zero-order valence-corrected chi connectivity index (χ0v) is 19.2. The van der Waals surface area contributed by atoms with Crippen LogP contribution < -0.4 is 14.9 Å². The van der Waals surface area contributed by atoms with Crippen LogP contribution in [0.1, 0.15) is 31.2 Å². The smallest absolute Gasteiger partial charge is 0.338 e. The number of fused-ring (bicyclic) bond motifs is 1. The second-order valence-electron chi connectivity index (χ2n) is 6.47. The van der Waals surface area contributed by atoms with Crippen molar-refractivity contribution in [1.29, 1.82) is 0 Å². The summed E-state index contributed by atoms with van der Waals surface area (Å²) in [4.78, 5) is 31.2. The van der Waals surface area contributed by atoms with Crippen molar-refractivity contribution in [2.45, 2.75) is 19.9 Å². The lowest BCUT2D eigenvalue weighted by atomic mass is 9.96. The molecule has 154 valence electrons. The fourth-order valence-corrected chi connectivity index (χ4v) is 4.90. The van der Waals surface area contributed by atoms with Gasteiger partial charge < -0.3 is 9.15 Å². The summed E-state index contributed by atoms with van der Waals surface area (Å²) in [5.74, 6) is 0.00989. The van der Waals surface area contributed by atoms with Crippen molar-refractivity contribution in [2.24, 2.45) is 4.99 Å². The number of rotatable bonds is 4. The Hall–Kier alpha value is -2.42. The third-order valence-corrected chi connectivity index (χ3v) is 6.34. The van der Waals surface area contributed by atoms with Crippen molar-refractivity contribution in [1.82, 2.24) is 4.57 Å². The number of aromatic nitrogens is 1. The van der Waals surface area contributed by atoms with Gasteiger partial charge >= 0.3 is 5.97 Å². The molecule has 3 heterocycles. The van der Waals surface area contributed by atoms with E-state index >= 15 is 0 Å². The summed E-state index contributed by atoms with van der Waals surface area (Å²) < 4.78 is 13.3. The highest BCUT2D eigenvalue weighted by Crippen LogP contribution is 2.34. The lowest BCUT2D eigenvalue weighted by Gasteiger charge is -2.25. The summed E-state index contributed by atoms with van der Waals surface area (Å²) in [5.41, 5.74) is 1.13. The highest BCUT2D eigenvalue weighted by Gasteiger charge is 2.34. The van der Waals surface area contributed by atoms with Crippen LogP contribution in [0.15, 0.2) is 66.5 Å². The third-order valence-electron chi connectivity index (χ3n) is 4.58. The van der Waals surface area contributed by atoms with E-state index in [2.05, 4.69) is 20.9 Å². The van der Waals surface area contributed by atoms with Gasteiger partial charge in [-0.2, -0.15) is 0 Å². The van der Waals surface area contributed by atoms with E-state index < -0.39 is 12.0 Å². The maximum atomic E-state index is 13.4. The highest BCUT2D eigenvalue weighted by molar-refractivity contribution is 9.10. The van der Waals surface area contributed by atoms with Crippen molar-refractivity contribution in [3.63, 3.8) is 0 Å². The van der Waals surface area contributed by atoms with Crippen LogP contribution in [0.3, 0.4) is 0 Å². The molecule has 0 unspecified atom stereocenters. The van der Waals surface area contributed by atoms with Crippen LogP contribution in [0.5, 0.6) is 0 Å². The molecular weight excluding hydrogens is 492 g/mol. The molecule has 0 saturated carbocycles. The van der Waals surface area contributed by atoms with Gasteiger partial charge in [-0.3, -0.25) is 9.36 Å². The van der Waals surface area contributed by atoms with E-state index in [-0.39, 0.29) is 12.2 Å². The molecule has 0 bridgehead atoms. The van der Waals surface area contributed by atoms with Crippen molar-refractivity contribution in [2.75, 3.05) is 6.61 Å². The Balaban J connectivity index is 1.99. The lowest BCUT2D eigenvalue weighted by Crippen LogP contribution is -2.40. The number of furan rings is 1. The summed E-state index contributed by atoms with van der Waals surface area (Å²) in [6, 6.07) is 9.90. The number of esters is 1. The predicted molar refractivity (Wildman–Crippen MR) is 118 cm³/mol. The maximum absolute atomic E-state index is 13.4. The van der Waals surface area contributed by atoms with E-state index in [0.29, 0.717) is 41.6 Å². The predicted octanol–water partition coefficient (Wildman–Crippen LogP) is 3.81. The van der Waals surface area contributed by atoms with E-state index in [1.807, 2.05) is 6.07 Å². The second kappa shape index (κ2) is 8.37. The summed E-state index contributed by atoms with van der Waals surface area (Å²) >= 11 is 10.9. The van der Waals surface area contributed by atoms with E-state index in [4.69, 9.17) is 20.8 Å². The Bertz CT molecular complexity index is 1350. The number of carbonyl (C=O) groups is 1. The quantitative estimate of drug-likeness (QED) is 0.504. The molecule has 4 rings (SSSR count). The zero-order chi connectivity index (χ0) is 21.4. The first kappa shape index (κ1) is 20.8. The number of carbonyl (C=O) groups excluding carboxylic acids is 1. The number of nitrogens with zero attached hydrogens (tertiary/aromatic N) is 2. The highest BCUT2D eigenvalue weighted by atomic mass is 79.9. The Morgan fingerprint density at radius 3 is 2.80 bits per heavy atom. The van der Waals surface area contributed by atoms with Crippen molar-refractivity contribution in [3.8, 4) is 0 Å². The van der Waals surface area contributed by atoms with Crippen molar-refractivity contribution in [3.05, 3.63) is 88.4 Å².